The largest absolute Gasteiger partial charge is 0.334 e. The first-order valence-corrected chi connectivity index (χ1v) is 8.61. The third-order valence-corrected chi connectivity index (χ3v) is 5.61. The minimum atomic E-state index is -3.45. The number of imidazole rings is 1. The van der Waals surface area contributed by atoms with Gasteiger partial charge in [-0.15, -0.1) is 0 Å². The summed E-state index contributed by atoms with van der Waals surface area (Å²) >= 11 is 0. The van der Waals surface area contributed by atoms with E-state index >= 15 is 0 Å². The number of hydrogen-bond donors (Lipinski definition) is 1. The second kappa shape index (κ2) is 6.24. The van der Waals surface area contributed by atoms with Crippen molar-refractivity contribution >= 4 is 10.0 Å². The minimum Gasteiger partial charge on any atom is -0.334 e. The molecule has 7 heteroatoms. The van der Waals surface area contributed by atoms with Crippen molar-refractivity contribution in [3.05, 3.63) is 12.0 Å². The first-order valence-electron chi connectivity index (χ1n) is 7.17. The molecule has 20 heavy (non-hydrogen) atoms. The van der Waals surface area contributed by atoms with Gasteiger partial charge in [0.05, 0.1) is 0 Å². The summed E-state index contributed by atoms with van der Waals surface area (Å²) in [7, 11) is -1.55. The van der Waals surface area contributed by atoms with E-state index in [1.165, 1.54) is 0 Å². The summed E-state index contributed by atoms with van der Waals surface area (Å²) in [5.74, 6) is 1.13. The van der Waals surface area contributed by atoms with Crippen LogP contribution < -0.4 is 5.32 Å². The highest BCUT2D eigenvalue weighted by molar-refractivity contribution is 7.89. The van der Waals surface area contributed by atoms with Gasteiger partial charge < -0.3 is 9.88 Å². The monoisotopic (exact) mass is 300 g/mol. The second-order valence-electron chi connectivity index (χ2n) is 5.34. The van der Waals surface area contributed by atoms with E-state index in [4.69, 9.17) is 0 Å². The fourth-order valence-electron chi connectivity index (χ4n) is 2.76. The summed E-state index contributed by atoms with van der Waals surface area (Å²) in [6.07, 6.45) is 3.64. The van der Waals surface area contributed by atoms with Crippen molar-refractivity contribution in [2.24, 2.45) is 5.92 Å². The smallest absolute Gasteiger partial charge is 0.262 e. The van der Waals surface area contributed by atoms with Crippen LogP contribution in [0.15, 0.2) is 11.2 Å². The van der Waals surface area contributed by atoms with Gasteiger partial charge >= 0.3 is 0 Å². The zero-order chi connectivity index (χ0) is 14.8. The van der Waals surface area contributed by atoms with E-state index in [1.807, 2.05) is 25.5 Å². The Balaban J connectivity index is 2.20. The molecule has 1 aromatic rings. The number of aromatic nitrogens is 2. The van der Waals surface area contributed by atoms with Gasteiger partial charge in [0.25, 0.3) is 10.0 Å². The van der Waals surface area contributed by atoms with Gasteiger partial charge in [0.2, 0.25) is 0 Å². The number of nitrogens with zero attached hydrogens (tertiary/aromatic N) is 3. The number of rotatable bonds is 5. The molecule has 0 aliphatic carbocycles. The van der Waals surface area contributed by atoms with Gasteiger partial charge in [0.15, 0.2) is 5.03 Å². The first-order chi connectivity index (χ1) is 9.48. The molecule has 0 amide bonds. The van der Waals surface area contributed by atoms with E-state index in [9.17, 15) is 8.42 Å². The lowest BCUT2D eigenvalue weighted by Crippen LogP contribution is -2.42. The van der Waals surface area contributed by atoms with Crippen molar-refractivity contribution < 1.29 is 8.42 Å². The Bertz CT molecular complexity index is 551. The molecule has 1 aliphatic heterocycles. The molecule has 1 N–H and O–H groups in total. The number of aryl methyl sites for hydroxylation is 2. The first kappa shape index (κ1) is 15.5. The lowest BCUT2D eigenvalue weighted by Gasteiger charge is -2.31. The third-order valence-electron chi connectivity index (χ3n) is 3.87. The Hall–Kier alpha value is -0.920. The predicted molar refractivity (Wildman–Crippen MR) is 78.0 cm³/mol. The fraction of sp³-hybridized carbons (Fsp3) is 0.769. The van der Waals surface area contributed by atoms with Gasteiger partial charge in [0, 0.05) is 25.8 Å². The summed E-state index contributed by atoms with van der Waals surface area (Å²) in [5, 5.41) is 3.31. The normalized spacial score (nSPS) is 21.2. The summed E-state index contributed by atoms with van der Waals surface area (Å²) in [4.78, 5) is 4.22. The van der Waals surface area contributed by atoms with E-state index in [0.29, 0.717) is 19.0 Å². The van der Waals surface area contributed by atoms with Gasteiger partial charge in [-0.3, -0.25) is 0 Å². The van der Waals surface area contributed by atoms with Crippen LogP contribution in [0.4, 0.5) is 0 Å². The maximum absolute atomic E-state index is 12.6. The zero-order valence-electron chi connectivity index (χ0n) is 12.5. The van der Waals surface area contributed by atoms with Crippen LogP contribution in [0, 0.1) is 12.8 Å². The highest BCUT2D eigenvalue weighted by Gasteiger charge is 2.31. The molecule has 2 rings (SSSR count). The Morgan fingerprint density at radius 3 is 2.85 bits per heavy atom. The zero-order valence-corrected chi connectivity index (χ0v) is 13.3. The van der Waals surface area contributed by atoms with E-state index in [0.717, 1.165) is 31.8 Å². The summed E-state index contributed by atoms with van der Waals surface area (Å²) < 4.78 is 28.7. The average Bonchev–Trinajstić information content (AvgIpc) is 2.81. The molecule has 0 radical (unpaired) electrons. The van der Waals surface area contributed by atoms with Crippen LogP contribution in [0.25, 0.3) is 0 Å². The molecule has 0 spiro atoms. The molecule has 1 fully saturated rings. The van der Waals surface area contributed by atoms with Crippen LogP contribution in [0.2, 0.25) is 0 Å². The molecule has 1 unspecified atom stereocenters. The molecule has 0 saturated carbocycles. The Kier molecular flexibility index (Phi) is 4.82. The van der Waals surface area contributed by atoms with Crippen molar-refractivity contribution in [1.29, 1.82) is 0 Å². The standard InChI is InChI=1S/C13H24N4O2S/c1-4-16-10-13(15-11(16)2)20(18,19)17-7-5-6-12(9-17)8-14-3/h10,12,14H,4-9H2,1-3H3. The average molecular weight is 300 g/mol. The molecule has 6 nitrogen and oxygen atoms in total. The molecule has 114 valence electrons. The summed E-state index contributed by atoms with van der Waals surface area (Å²) in [6.45, 7) is 6.59. The quantitative estimate of drug-likeness (QED) is 0.875. The predicted octanol–water partition coefficient (Wildman–Crippen LogP) is 0.832. The van der Waals surface area contributed by atoms with Crippen LogP contribution in [0.3, 0.4) is 0 Å². The third kappa shape index (κ3) is 3.05. The Labute approximate surface area is 121 Å². The van der Waals surface area contributed by atoms with Gasteiger partial charge in [-0.1, -0.05) is 0 Å². The van der Waals surface area contributed by atoms with Crippen LogP contribution in [0.1, 0.15) is 25.6 Å². The van der Waals surface area contributed by atoms with Gasteiger partial charge in [0.1, 0.15) is 5.82 Å². The maximum Gasteiger partial charge on any atom is 0.262 e. The molecule has 0 bridgehead atoms. The Morgan fingerprint density at radius 2 is 2.25 bits per heavy atom. The van der Waals surface area contributed by atoms with Crippen molar-refractivity contribution in [2.75, 3.05) is 26.7 Å². The molecule has 1 atom stereocenters. The summed E-state index contributed by atoms with van der Waals surface area (Å²) in [5.41, 5.74) is 0. The lowest BCUT2D eigenvalue weighted by molar-refractivity contribution is 0.263. The van der Waals surface area contributed by atoms with E-state index in [2.05, 4.69) is 10.3 Å². The van der Waals surface area contributed by atoms with Crippen LogP contribution in [0.5, 0.6) is 0 Å². The van der Waals surface area contributed by atoms with Gasteiger partial charge in [-0.2, -0.15) is 4.31 Å². The molecule has 1 saturated heterocycles. The number of nitrogens with one attached hydrogen (secondary N) is 1. The van der Waals surface area contributed by atoms with Crippen molar-refractivity contribution in [3.8, 4) is 0 Å². The molecular weight excluding hydrogens is 276 g/mol. The maximum atomic E-state index is 12.6. The molecule has 2 heterocycles. The number of hydrogen-bond acceptors (Lipinski definition) is 4. The van der Waals surface area contributed by atoms with Crippen LogP contribution in [-0.2, 0) is 16.6 Å². The highest BCUT2D eigenvalue weighted by Crippen LogP contribution is 2.23. The topological polar surface area (TPSA) is 67.2 Å². The molecule has 0 aromatic carbocycles. The van der Waals surface area contributed by atoms with E-state index < -0.39 is 10.0 Å². The summed E-state index contributed by atoms with van der Waals surface area (Å²) in [6, 6.07) is 0. The number of piperidine rings is 1. The number of sulfonamides is 1. The van der Waals surface area contributed by atoms with Crippen LogP contribution in [-0.4, -0.2) is 49.0 Å². The minimum absolute atomic E-state index is 0.182. The lowest BCUT2D eigenvalue weighted by atomic mass is 10.00. The van der Waals surface area contributed by atoms with E-state index in [1.54, 1.807) is 10.5 Å². The molecular formula is C13H24N4O2S. The van der Waals surface area contributed by atoms with Crippen molar-refractivity contribution in [3.63, 3.8) is 0 Å². The van der Waals surface area contributed by atoms with Gasteiger partial charge in [-0.05, 0) is 46.2 Å². The second-order valence-corrected chi connectivity index (χ2v) is 7.23. The van der Waals surface area contributed by atoms with E-state index in [-0.39, 0.29) is 5.03 Å². The van der Waals surface area contributed by atoms with Crippen molar-refractivity contribution in [2.45, 2.75) is 38.3 Å². The molecule has 1 aromatic heterocycles. The highest BCUT2D eigenvalue weighted by atomic mass is 32.2. The molecule has 1 aliphatic rings. The van der Waals surface area contributed by atoms with Crippen LogP contribution >= 0.6 is 0 Å². The Morgan fingerprint density at radius 1 is 1.50 bits per heavy atom. The fourth-order valence-corrected chi connectivity index (χ4v) is 4.31. The SMILES string of the molecule is CCn1cc(S(=O)(=O)N2CCCC(CNC)C2)nc1C. The van der Waals surface area contributed by atoms with Crippen molar-refractivity contribution in [1.82, 2.24) is 19.2 Å². The van der Waals surface area contributed by atoms with Gasteiger partial charge in [-0.25, -0.2) is 13.4 Å².